The van der Waals surface area contributed by atoms with Crippen molar-refractivity contribution >= 4 is 44.2 Å². The Morgan fingerprint density at radius 2 is 1.54 bits per heavy atom. The quantitative estimate of drug-likeness (QED) is 0.220. The van der Waals surface area contributed by atoms with E-state index in [0.29, 0.717) is 5.75 Å². The number of nitrogens with zero attached hydrogens (tertiary/aromatic N) is 1. The van der Waals surface area contributed by atoms with E-state index in [-0.39, 0.29) is 17.8 Å². The van der Waals surface area contributed by atoms with Gasteiger partial charge in [-0.25, -0.2) is 4.39 Å². The molecule has 1 fully saturated rings. The molecule has 37 heavy (non-hydrogen) atoms. The fraction of sp³-hybridized carbons (Fsp3) is 0.129. The summed E-state index contributed by atoms with van der Waals surface area (Å²) in [5.41, 5.74) is 4.43. The van der Waals surface area contributed by atoms with Crippen molar-refractivity contribution in [3.05, 3.63) is 130 Å². The lowest BCUT2D eigenvalue weighted by atomic mass is 9.81. The number of ether oxygens (including phenoxy) is 1. The number of rotatable bonds is 6. The van der Waals surface area contributed by atoms with Crippen molar-refractivity contribution in [1.82, 2.24) is 0 Å². The fourth-order valence-electron chi connectivity index (χ4n) is 4.99. The summed E-state index contributed by atoms with van der Waals surface area (Å²) < 4.78 is 20.9. The average molecular weight is 572 g/mol. The van der Waals surface area contributed by atoms with Crippen molar-refractivity contribution in [2.45, 2.75) is 29.9 Å². The van der Waals surface area contributed by atoms with Gasteiger partial charge in [0.2, 0.25) is 6.10 Å². The van der Waals surface area contributed by atoms with Gasteiger partial charge in [-0.3, -0.25) is 9.69 Å². The van der Waals surface area contributed by atoms with E-state index in [1.807, 2.05) is 65.6 Å². The summed E-state index contributed by atoms with van der Waals surface area (Å²) in [6.45, 7) is 0. The van der Waals surface area contributed by atoms with Crippen molar-refractivity contribution in [3.8, 4) is 5.75 Å². The molecule has 4 aromatic carbocycles. The number of hydrogen-bond acceptors (Lipinski definition) is 3. The zero-order valence-corrected chi connectivity index (χ0v) is 22.2. The van der Waals surface area contributed by atoms with E-state index in [0.717, 1.165) is 43.9 Å². The molecule has 0 bridgehead atoms. The summed E-state index contributed by atoms with van der Waals surface area (Å²) in [5, 5.41) is 0. The number of fused-ring (bicyclic) bond motifs is 1. The minimum absolute atomic E-state index is 0.0614. The van der Waals surface area contributed by atoms with Crippen molar-refractivity contribution in [1.29, 1.82) is 0 Å². The van der Waals surface area contributed by atoms with Gasteiger partial charge in [0.05, 0.1) is 0 Å². The highest BCUT2D eigenvalue weighted by Crippen LogP contribution is 2.48. The van der Waals surface area contributed by atoms with Crippen LogP contribution >= 0.6 is 27.7 Å². The molecule has 1 aliphatic heterocycles. The maximum atomic E-state index is 13.7. The molecule has 2 unspecified atom stereocenters. The Labute approximate surface area is 228 Å². The van der Waals surface area contributed by atoms with Crippen LogP contribution < -0.4 is 9.64 Å². The molecule has 1 aliphatic carbocycles. The number of amides is 1. The highest BCUT2D eigenvalue weighted by atomic mass is 79.9. The monoisotopic (exact) mass is 571 g/mol. The van der Waals surface area contributed by atoms with Gasteiger partial charge in [-0.1, -0.05) is 70.2 Å². The van der Waals surface area contributed by atoms with Crippen LogP contribution in [0.5, 0.6) is 5.75 Å². The number of β-lactam (4-membered cyclic amide) rings is 1. The van der Waals surface area contributed by atoms with Gasteiger partial charge in [-0.2, -0.15) is 0 Å². The highest BCUT2D eigenvalue weighted by molar-refractivity contribution is 9.10. The third-order valence-corrected chi connectivity index (χ3v) is 8.49. The Hall–Kier alpha value is -3.35. The predicted octanol–water partition coefficient (Wildman–Crippen LogP) is 7.90. The molecule has 4 aromatic rings. The molecule has 6 rings (SSSR count). The Bertz CT molecular complexity index is 1470. The molecule has 1 heterocycles. The highest BCUT2D eigenvalue weighted by Gasteiger charge is 2.53. The standard InChI is InChI=1S/C31H23BrFNO2S/c32-21-11-15-23(16-12-21)34-28(29(31(34)35)36-24-7-2-1-3-8-24)27-19-10-20-6-4-5-9-26(20)30(27)37-25-17-13-22(33)14-18-25/h1-9,11-18,28-29H,10,19H2. The van der Waals surface area contributed by atoms with Gasteiger partial charge in [0.25, 0.3) is 5.91 Å². The number of halogens is 2. The van der Waals surface area contributed by atoms with Crippen LogP contribution in [-0.2, 0) is 11.2 Å². The van der Waals surface area contributed by atoms with Crippen LogP contribution in [0.2, 0.25) is 0 Å². The van der Waals surface area contributed by atoms with E-state index in [9.17, 15) is 9.18 Å². The third-order valence-electron chi connectivity index (χ3n) is 6.76. The molecule has 1 saturated heterocycles. The molecule has 2 atom stereocenters. The van der Waals surface area contributed by atoms with Crippen LogP contribution in [-0.4, -0.2) is 18.1 Å². The molecule has 0 saturated carbocycles. The molecule has 0 radical (unpaired) electrons. The smallest absolute Gasteiger partial charge is 0.271 e. The van der Waals surface area contributed by atoms with Gasteiger partial charge in [0.1, 0.15) is 17.6 Å². The first kappa shape index (κ1) is 24.0. The second-order valence-corrected chi connectivity index (χ2v) is 11.0. The largest absolute Gasteiger partial charge is 0.478 e. The van der Waals surface area contributed by atoms with Gasteiger partial charge >= 0.3 is 0 Å². The van der Waals surface area contributed by atoms with E-state index >= 15 is 0 Å². The molecular formula is C31H23BrFNO2S. The third kappa shape index (κ3) is 4.72. The number of hydrogen-bond donors (Lipinski definition) is 0. The topological polar surface area (TPSA) is 29.5 Å². The van der Waals surface area contributed by atoms with E-state index in [4.69, 9.17) is 4.74 Å². The maximum Gasteiger partial charge on any atom is 0.271 e. The van der Waals surface area contributed by atoms with Crippen molar-refractivity contribution in [2.24, 2.45) is 0 Å². The second kappa shape index (κ2) is 10.2. The molecule has 1 amide bonds. The van der Waals surface area contributed by atoms with Crippen LogP contribution in [0, 0.1) is 5.82 Å². The van der Waals surface area contributed by atoms with Gasteiger partial charge in [0, 0.05) is 20.0 Å². The Morgan fingerprint density at radius 1 is 0.838 bits per heavy atom. The summed E-state index contributed by atoms with van der Waals surface area (Å²) in [7, 11) is 0. The van der Waals surface area contributed by atoms with Crippen LogP contribution in [0.25, 0.3) is 4.91 Å². The lowest BCUT2D eigenvalue weighted by molar-refractivity contribution is -0.133. The Morgan fingerprint density at radius 3 is 2.30 bits per heavy atom. The summed E-state index contributed by atoms with van der Waals surface area (Å²) in [6, 6.07) is 32.0. The van der Waals surface area contributed by atoms with E-state index < -0.39 is 6.10 Å². The lowest BCUT2D eigenvalue weighted by Gasteiger charge is -2.48. The molecule has 184 valence electrons. The molecule has 0 aromatic heterocycles. The number of benzene rings is 4. The van der Waals surface area contributed by atoms with Crippen molar-refractivity contribution in [2.75, 3.05) is 4.90 Å². The van der Waals surface area contributed by atoms with E-state index in [1.54, 1.807) is 23.9 Å². The van der Waals surface area contributed by atoms with E-state index in [2.05, 4.69) is 34.1 Å². The number of anilines is 1. The van der Waals surface area contributed by atoms with Crippen LogP contribution in [0.15, 0.2) is 118 Å². The first-order valence-electron chi connectivity index (χ1n) is 12.1. The number of para-hydroxylation sites is 1. The van der Waals surface area contributed by atoms with Gasteiger partial charge in [-0.15, -0.1) is 0 Å². The van der Waals surface area contributed by atoms with Crippen LogP contribution in [0.3, 0.4) is 0 Å². The normalized spacial score (nSPS) is 18.9. The van der Waals surface area contributed by atoms with Gasteiger partial charge in [0.15, 0.2) is 0 Å². The molecule has 3 nitrogen and oxygen atoms in total. The average Bonchev–Trinajstić information content (AvgIpc) is 2.93. The minimum Gasteiger partial charge on any atom is -0.478 e. The van der Waals surface area contributed by atoms with Crippen molar-refractivity contribution in [3.63, 3.8) is 0 Å². The predicted molar refractivity (Wildman–Crippen MR) is 150 cm³/mol. The number of carbonyl (C=O) groups excluding carboxylic acids is 1. The first-order valence-corrected chi connectivity index (χ1v) is 13.7. The SMILES string of the molecule is O=C1C(Oc2ccccc2)C(C2=C(Sc3ccc(F)cc3)c3ccccc3CC2)N1c1ccc(Br)cc1. The summed E-state index contributed by atoms with van der Waals surface area (Å²) in [6.07, 6.45) is 1.06. The summed E-state index contributed by atoms with van der Waals surface area (Å²) >= 11 is 5.12. The van der Waals surface area contributed by atoms with Crippen LogP contribution in [0.4, 0.5) is 10.1 Å². The number of carbonyl (C=O) groups is 1. The zero-order chi connectivity index (χ0) is 25.4. The minimum atomic E-state index is -0.630. The molecule has 6 heteroatoms. The lowest BCUT2D eigenvalue weighted by Crippen LogP contribution is -2.68. The maximum absolute atomic E-state index is 13.7. The summed E-state index contributed by atoms with van der Waals surface area (Å²) in [5.74, 6) is 0.351. The zero-order valence-electron chi connectivity index (χ0n) is 19.8. The van der Waals surface area contributed by atoms with Crippen molar-refractivity contribution < 1.29 is 13.9 Å². The molecule has 2 aliphatic rings. The van der Waals surface area contributed by atoms with Crippen LogP contribution in [0.1, 0.15) is 17.5 Å². The first-order chi connectivity index (χ1) is 18.1. The fourth-order valence-corrected chi connectivity index (χ4v) is 6.43. The Kier molecular flexibility index (Phi) is 6.61. The second-order valence-electron chi connectivity index (χ2n) is 9.05. The number of thioether (sulfide) groups is 1. The molecule has 0 N–H and O–H groups in total. The molecular weight excluding hydrogens is 549 g/mol. The Balaban J connectivity index is 1.47. The van der Waals surface area contributed by atoms with E-state index in [1.165, 1.54) is 17.7 Å². The molecule has 0 spiro atoms. The van der Waals surface area contributed by atoms with Gasteiger partial charge in [-0.05, 0) is 90.2 Å². The number of aryl methyl sites for hydroxylation is 1. The van der Waals surface area contributed by atoms with Gasteiger partial charge < -0.3 is 4.74 Å². The summed E-state index contributed by atoms with van der Waals surface area (Å²) in [4.78, 5) is 17.5.